The van der Waals surface area contributed by atoms with Gasteiger partial charge in [0.2, 0.25) is 0 Å². The molecule has 1 atom stereocenters. The Morgan fingerprint density at radius 1 is 0.933 bits per heavy atom. The summed E-state index contributed by atoms with van der Waals surface area (Å²) in [5.41, 5.74) is 2.90. The first-order valence-corrected chi connectivity index (χ1v) is 10.1. The predicted octanol–water partition coefficient (Wildman–Crippen LogP) is 2.72. The second kappa shape index (κ2) is 6.39. The van der Waals surface area contributed by atoms with Crippen molar-refractivity contribution >= 4 is 47.5 Å². The van der Waals surface area contributed by atoms with Crippen LogP contribution in [-0.2, 0) is 0 Å². The summed E-state index contributed by atoms with van der Waals surface area (Å²) in [5.74, 6) is 4.03. The van der Waals surface area contributed by atoms with Crippen molar-refractivity contribution in [3.63, 3.8) is 0 Å². The van der Waals surface area contributed by atoms with E-state index in [2.05, 4.69) is 82.1 Å². The molecule has 0 amide bonds. The fourth-order valence-corrected chi connectivity index (χ4v) is 4.58. The normalized spacial score (nSPS) is 17.6. The summed E-state index contributed by atoms with van der Waals surface area (Å²) < 4.78 is 6.07. The number of fused-ring (bicyclic) bond motifs is 4. The highest BCUT2D eigenvalue weighted by molar-refractivity contribution is 6.75. The van der Waals surface area contributed by atoms with Crippen LogP contribution in [0.3, 0.4) is 0 Å². The monoisotopic (exact) mass is 393 g/mol. The smallest absolute Gasteiger partial charge is 0.406 e. The molecule has 6 rings (SSSR count). The molecule has 0 saturated carbocycles. The van der Waals surface area contributed by atoms with Gasteiger partial charge in [-0.1, -0.05) is 42.4 Å². The van der Waals surface area contributed by atoms with E-state index in [1.54, 1.807) is 12.4 Å². The van der Waals surface area contributed by atoms with Crippen LogP contribution in [0.4, 0.5) is 17.3 Å². The topological polar surface area (TPSA) is 48.6 Å². The van der Waals surface area contributed by atoms with Crippen LogP contribution in [-0.4, -0.2) is 35.0 Å². The van der Waals surface area contributed by atoms with E-state index in [0.717, 1.165) is 38.9 Å². The molecular formula is C23H20BN5O. The number of anilines is 3. The molecule has 2 aromatic carbocycles. The number of benzene rings is 2. The van der Waals surface area contributed by atoms with Crippen LogP contribution in [0.15, 0.2) is 71.4 Å². The maximum Gasteiger partial charge on any atom is 0.406 e. The third kappa shape index (κ3) is 2.38. The SMILES string of the molecule is C[C@@H]1N(B2C=c3c(oc4ccccc34)=CN2C)c2nccnc2N1c1ccccc1. The molecule has 0 spiro atoms. The van der Waals surface area contributed by atoms with Crippen molar-refractivity contribution in [1.29, 1.82) is 0 Å². The van der Waals surface area contributed by atoms with Crippen LogP contribution < -0.4 is 20.3 Å². The molecule has 0 N–H and O–H groups in total. The molecule has 7 heteroatoms. The summed E-state index contributed by atoms with van der Waals surface area (Å²) in [4.78, 5) is 16.1. The van der Waals surface area contributed by atoms with Crippen molar-refractivity contribution in [2.24, 2.45) is 0 Å². The fraction of sp³-hybridized carbons (Fsp3) is 0.130. The minimum Gasteiger partial charge on any atom is -0.455 e. The number of aromatic nitrogens is 2. The molecule has 4 heterocycles. The highest BCUT2D eigenvalue weighted by Crippen LogP contribution is 2.41. The van der Waals surface area contributed by atoms with Crippen molar-refractivity contribution < 1.29 is 4.42 Å². The average Bonchev–Trinajstić information content (AvgIpc) is 3.27. The van der Waals surface area contributed by atoms with Crippen LogP contribution in [0.1, 0.15) is 6.92 Å². The lowest BCUT2D eigenvalue weighted by Gasteiger charge is -2.36. The molecule has 4 aromatic rings. The molecule has 2 aliphatic rings. The maximum absolute atomic E-state index is 6.07. The third-order valence-electron chi connectivity index (χ3n) is 5.95. The third-order valence-corrected chi connectivity index (χ3v) is 5.95. The molecule has 146 valence electrons. The van der Waals surface area contributed by atoms with Gasteiger partial charge in [-0.2, -0.15) is 0 Å². The molecular weight excluding hydrogens is 373 g/mol. The largest absolute Gasteiger partial charge is 0.455 e. The first kappa shape index (κ1) is 17.2. The summed E-state index contributed by atoms with van der Waals surface area (Å²) in [6.07, 6.45) is 5.64. The van der Waals surface area contributed by atoms with Gasteiger partial charge in [0.05, 0.1) is 6.17 Å². The Bertz CT molecular complexity index is 1370. The van der Waals surface area contributed by atoms with E-state index in [-0.39, 0.29) is 13.1 Å². The number of para-hydroxylation sites is 2. The average molecular weight is 393 g/mol. The fourth-order valence-electron chi connectivity index (χ4n) is 4.58. The molecule has 0 fully saturated rings. The number of hydrogen-bond donors (Lipinski definition) is 0. The number of nitrogens with zero attached hydrogens (tertiary/aromatic N) is 5. The van der Waals surface area contributed by atoms with Gasteiger partial charge in [-0.05, 0) is 32.2 Å². The number of hydrogen-bond acceptors (Lipinski definition) is 6. The highest BCUT2D eigenvalue weighted by atomic mass is 16.3. The van der Waals surface area contributed by atoms with Crippen molar-refractivity contribution in [3.05, 3.63) is 77.6 Å². The van der Waals surface area contributed by atoms with Gasteiger partial charge in [-0.15, -0.1) is 0 Å². The van der Waals surface area contributed by atoms with Crippen LogP contribution in [0, 0.1) is 0 Å². The van der Waals surface area contributed by atoms with Gasteiger partial charge >= 0.3 is 6.98 Å². The number of rotatable bonds is 2. The van der Waals surface area contributed by atoms with E-state index in [4.69, 9.17) is 9.40 Å². The quantitative estimate of drug-likeness (QED) is 0.488. The van der Waals surface area contributed by atoms with Gasteiger partial charge in [0.25, 0.3) is 0 Å². The molecule has 0 saturated heterocycles. The molecule has 0 unspecified atom stereocenters. The van der Waals surface area contributed by atoms with Crippen molar-refractivity contribution in [3.8, 4) is 0 Å². The molecule has 0 bridgehead atoms. The lowest BCUT2D eigenvalue weighted by atomic mass is 9.69. The van der Waals surface area contributed by atoms with Crippen molar-refractivity contribution in [1.82, 2.24) is 14.8 Å². The van der Waals surface area contributed by atoms with Gasteiger partial charge < -0.3 is 18.9 Å². The van der Waals surface area contributed by atoms with E-state index in [9.17, 15) is 0 Å². The van der Waals surface area contributed by atoms with Gasteiger partial charge in [0.1, 0.15) is 11.0 Å². The molecule has 2 aliphatic heterocycles. The van der Waals surface area contributed by atoms with Gasteiger partial charge in [-0.3, -0.25) is 0 Å². The summed E-state index contributed by atoms with van der Waals surface area (Å²) in [6, 6.07) is 18.5. The summed E-state index contributed by atoms with van der Waals surface area (Å²) >= 11 is 0. The van der Waals surface area contributed by atoms with Crippen LogP contribution in [0.2, 0.25) is 0 Å². The second-order valence-corrected chi connectivity index (χ2v) is 7.70. The van der Waals surface area contributed by atoms with Gasteiger partial charge in [0, 0.05) is 34.9 Å². The van der Waals surface area contributed by atoms with E-state index in [0.29, 0.717) is 0 Å². The first-order chi connectivity index (χ1) is 14.7. The highest BCUT2D eigenvalue weighted by Gasteiger charge is 2.43. The zero-order valence-electron chi connectivity index (χ0n) is 16.8. The summed E-state index contributed by atoms with van der Waals surface area (Å²) in [7, 11) is 2.07. The Morgan fingerprint density at radius 2 is 1.67 bits per heavy atom. The molecule has 0 aliphatic carbocycles. The summed E-state index contributed by atoms with van der Waals surface area (Å²) in [6.45, 7) is 2.18. The minimum atomic E-state index is -0.0160. The maximum atomic E-state index is 6.07. The predicted molar refractivity (Wildman–Crippen MR) is 120 cm³/mol. The van der Waals surface area contributed by atoms with Gasteiger partial charge in [-0.25, -0.2) is 9.97 Å². The Labute approximate surface area is 174 Å². The Hall–Kier alpha value is -3.74. The van der Waals surface area contributed by atoms with Crippen LogP contribution >= 0.6 is 0 Å². The Kier molecular flexibility index (Phi) is 3.65. The van der Waals surface area contributed by atoms with E-state index in [1.165, 1.54) is 0 Å². The van der Waals surface area contributed by atoms with E-state index in [1.807, 2.05) is 18.2 Å². The van der Waals surface area contributed by atoms with Crippen LogP contribution in [0.5, 0.6) is 0 Å². The number of furan rings is 1. The van der Waals surface area contributed by atoms with E-state index < -0.39 is 0 Å². The lowest BCUT2D eigenvalue weighted by molar-refractivity contribution is 0.561. The molecule has 0 radical (unpaired) electrons. The van der Waals surface area contributed by atoms with Crippen molar-refractivity contribution in [2.45, 2.75) is 13.1 Å². The summed E-state index contributed by atoms with van der Waals surface area (Å²) in [5, 5.41) is 2.26. The second-order valence-electron chi connectivity index (χ2n) is 7.70. The van der Waals surface area contributed by atoms with Crippen LogP contribution in [0.25, 0.3) is 23.1 Å². The molecule has 2 aromatic heterocycles. The lowest BCUT2D eigenvalue weighted by Crippen LogP contribution is -2.56. The van der Waals surface area contributed by atoms with E-state index >= 15 is 0 Å². The Morgan fingerprint density at radius 3 is 2.50 bits per heavy atom. The van der Waals surface area contributed by atoms with Crippen molar-refractivity contribution in [2.75, 3.05) is 16.8 Å². The van der Waals surface area contributed by atoms with Gasteiger partial charge in [0.15, 0.2) is 11.6 Å². The zero-order chi connectivity index (χ0) is 20.2. The minimum absolute atomic E-state index is 0.0160. The standard InChI is InChI=1S/C23H20BN5O/c1-16-28(17-8-4-3-5-9-17)22-23(26-13-12-25-22)29(16)24-14-19-18-10-6-7-11-20(18)30-21(19)15-27(24)2/h3-16H,1-2H3/t16-/m0/s1. The molecule has 6 nitrogen and oxygen atoms in total. The first-order valence-electron chi connectivity index (χ1n) is 10.1. The zero-order valence-corrected chi connectivity index (χ0v) is 16.8. The Balaban J connectivity index is 1.52. The molecule has 30 heavy (non-hydrogen) atoms.